The molecule has 1 atom stereocenters. The molecule has 0 bridgehead atoms. The maximum Gasteiger partial charge on any atom is 0.237 e. The molecule has 0 spiro atoms. The third-order valence-electron chi connectivity index (χ3n) is 4.79. The quantitative estimate of drug-likeness (QED) is 0.855. The van der Waals surface area contributed by atoms with Gasteiger partial charge >= 0.3 is 0 Å². The van der Waals surface area contributed by atoms with Gasteiger partial charge in [0.15, 0.2) is 11.5 Å². The molecule has 2 heterocycles. The van der Waals surface area contributed by atoms with Crippen LogP contribution in [-0.4, -0.2) is 55.1 Å². The monoisotopic (exact) mass is 318 g/mol. The van der Waals surface area contributed by atoms with Crippen molar-refractivity contribution in [3.05, 3.63) is 23.8 Å². The van der Waals surface area contributed by atoms with E-state index >= 15 is 0 Å². The summed E-state index contributed by atoms with van der Waals surface area (Å²) >= 11 is 0. The number of nitrogens with zero attached hydrogens (tertiary/aromatic N) is 2. The van der Waals surface area contributed by atoms with Gasteiger partial charge in [-0.1, -0.05) is 6.07 Å². The van der Waals surface area contributed by atoms with Crippen LogP contribution in [0.15, 0.2) is 18.2 Å². The molecule has 0 N–H and O–H groups in total. The number of ether oxygens (including phenoxy) is 2. The van der Waals surface area contributed by atoms with Crippen molar-refractivity contribution in [3.63, 3.8) is 0 Å². The Morgan fingerprint density at radius 1 is 1.30 bits per heavy atom. The maximum absolute atomic E-state index is 12.7. The van der Waals surface area contributed by atoms with Crippen molar-refractivity contribution in [2.24, 2.45) is 0 Å². The van der Waals surface area contributed by atoms with Gasteiger partial charge in [-0.25, -0.2) is 0 Å². The van der Waals surface area contributed by atoms with Crippen molar-refractivity contribution < 1.29 is 14.3 Å². The SMILES string of the molecule is CC(C)N(C)CC(=O)N1CCCC1c1ccc2c(c1)OCCO2. The average molecular weight is 318 g/mol. The van der Waals surface area contributed by atoms with E-state index in [0.29, 0.717) is 25.8 Å². The van der Waals surface area contributed by atoms with Gasteiger partial charge in [0.2, 0.25) is 5.91 Å². The number of fused-ring (bicyclic) bond motifs is 1. The minimum absolute atomic E-state index is 0.152. The van der Waals surface area contributed by atoms with Crippen molar-refractivity contribution in [1.29, 1.82) is 0 Å². The van der Waals surface area contributed by atoms with Gasteiger partial charge in [-0.05, 0) is 51.4 Å². The predicted octanol–water partition coefficient (Wildman–Crippen LogP) is 2.46. The maximum atomic E-state index is 12.7. The second-order valence-corrected chi connectivity index (χ2v) is 6.66. The summed E-state index contributed by atoms with van der Waals surface area (Å²) in [4.78, 5) is 16.8. The fraction of sp³-hybridized carbons (Fsp3) is 0.611. The summed E-state index contributed by atoms with van der Waals surface area (Å²) in [5.74, 6) is 1.81. The molecular formula is C18H26N2O3. The minimum atomic E-state index is 0.152. The van der Waals surface area contributed by atoms with E-state index in [1.807, 2.05) is 24.1 Å². The van der Waals surface area contributed by atoms with Gasteiger partial charge in [0.1, 0.15) is 13.2 Å². The lowest BCUT2D eigenvalue weighted by molar-refractivity contribution is -0.133. The highest BCUT2D eigenvalue weighted by Gasteiger charge is 2.31. The number of hydrogen-bond donors (Lipinski definition) is 0. The summed E-state index contributed by atoms with van der Waals surface area (Å²) in [6.07, 6.45) is 2.06. The molecule has 2 aliphatic heterocycles. The number of hydrogen-bond acceptors (Lipinski definition) is 4. The van der Waals surface area contributed by atoms with E-state index < -0.39 is 0 Å². The van der Waals surface area contributed by atoms with Gasteiger partial charge in [-0.15, -0.1) is 0 Å². The van der Waals surface area contributed by atoms with Crippen LogP contribution in [0.5, 0.6) is 11.5 Å². The molecule has 5 nitrogen and oxygen atoms in total. The first kappa shape index (κ1) is 16.1. The summed E-state index contributed by atoms with van der Waals surface area (Å²) in [6.45, 7) is 6.71. The van der Waals surface area contributed by atoms with Crippen LogP contribution in [-0.2, 0) is 4.79 Å². The Kier molecular flexibility index (Phi) is 4.76. The summed E-state index contributed by atoms with van der Waals surface area (Å²) in [7, 11) is 2.00. The molecule has 0 saturated carbocycles. The normalized spacial score (nSPS) is 20.4. The van der Waals surface area contributed by atoms with Gasteiger partial charge in [0.25, 0.3) is 0 Å². The van der Waals surface area contributed by atoms with Crippen molar-refractivity contribution in [1.82, 2.24) is 9.80 Å². The number of rotatable bonds is 4. The Morgan fingerprint density at radius 3 is 2.78 bits per heavy atom. The zero-order valence-electron chi connectivity index (χ0n) is 14.2. The molecule has 23 heavy (non-hydrogen) atoms. The lowest BCUT2D eigenvalue weighted by atomic mass is 10.0. The Bertz CT molecular complexity index is 573. The van der Waals surface area contributed by atoms with Crippen LogP contribution in [0.1, 0.15) is 38.3 Å². The molecule has 1 aromatic carbocycles. The number of carbonyl (C=O) groups is 1. The zero-order valence-corrected chi connectivity index (χ0v) is 14.2. The third kappa shape index (κ3) is 3.44. The molecule has 0 radical (unpaired) electrons. The van der Waals surface area contributed by atoms with E-state index in [2.05, 4.69) is 24.8 Å². The van der Waals surface area contributed by atoms with E-state index in [9.17, 15) is 4.79 Å². The molecule has 5 heteroatoms. The first-order valence-corrected chi connectivity index (χ1v) is 8.45. The van der Waals surface area contributed by atoms with Crippen LogP contribution >= 0.6 is 0 Å². The van der Waals surface area contributed by atoms with Gasteiger partial charge < -0.3 is 14.4 Å². The summed E-state index contributed by atoms with van der Waals surface area (Å²) < 4.78 is 11.3. The summed E-state index contributed by atoms with van der Waals surface area (Å²) in [6, 6.07) is 6.59. The topological polar surface area (TPSA) is 42.0 Å². The number of amides is 1. The average Bonchev–Trinajstić information content (AvgIpc) is 3.04. The molecule has 1 saturated heterocycles. The van der Waals surface area contributed by atoms with E-state index in [-0.39, 0.29) is 11.9 Å². The molecular weight excluding hydrogens is 292 g/mol. The van der Waals surface area contributed by atoms with E-state index in [1.54, 1.807) is 0 Å². The molecule has 2 aliphatic rings. The van der Waals surface area contributed by atoms with Crippen LogP contribution in [0, 0.1) is 0 Å². The number of carbonyl (C=O) groups excluding carboxylic acids is 1. The molecule has 3 rings (SSSR count). The van der Waals surface area contributed by atoms with Crippen LogP contribution in [0.2, 0.25) is 0 Å². The standard InChI is InChI=1S/C18H26N2O3/c1-13(2)19(3)12-18(21)20-8-4-5-15(20)14-6-7-16-17(11-14)23-10-9-22-16/h6-7,11,13,15H,4-5,8-10,12H2,1-3H3. The second-order valence-electron chi connectivity index (χ2n) is 6.66. The van der Waals surface area contributed by atoms with Crippen molar-refractivity contribution in [2.45, 2.75) is 38.8 Å². The summed E-state index contributed by atoms with van der Waals surface area (Å²) in [5.41, 5.74) is 1.15. The Morgan fingerprint density at radius 2 is 2.04 bits per heavy atom. The third-order valence-corrected chi connectivity index (χ3v) is 4.79. The highest BCUT2D eigenvalue weighted by Crippen LogP contribution is 2.38. The second kappa shape index (κ2) is 6.79. The fourth-order valence-corrected chi connectivity index (χ4v) is 3.17. The number of benzene rings is 1. The molecule has 0 aliphatic carbocycles. The van der Waals surface area contributed by atoms with Gasteiger partial charge in [0, 0.05) is 12.6 Å². The van der Waals surface area contributed by atoms with E-state index in [1.165, 1.54) is 0 Å². The van der Waals surface area contributed by atoms with Gasteiger partial charge in [-0.3, -0.25) is 9.69 Å². The van der Waals surface area contributed by atoms with Crippen molar-refractivity contribution >= 4 is 5.91 Å². The first-order chi connectivity index (χ1) is 11.1. The van der Waals surface area contributed by atoms with Gasteiger partial charge in [-0.2, -0.15) is 0 Å². The number of likely N-dealkylation sites (N-methyl/N-ethyl adjacent to an activating group) is 1. The lowest BCUT2D eigenvalue weighted by Gasteiger charge is -2.29. The van der Waals surface area contributed by atoms with Gasteiger partial charge in [0.05, 0.1) is 12.6 Å². The smallest absolute Gasteiger partial charge is 0.237 e. The van der Waals surface area contributed by atoms with Crippen molar-refractivity contribution in [2.75, 3.05) is 33.4 Å². The molecule has 1 unspecified atom stereocenters. The minimum Gasteiger partial charge on any atom is -0.486 e. The van der Waals surface area contributed by atoms with Crippen LogP contribution < -0.4 is 9.47 Å². The molecule has 0 aromatic heterocycles. The first-order valence-electron chi connectivity index (χ1n) is 8.45. The van der Waals surface area contributed by atoms with Crippen LogP contribution in [0.25, 0.3) is 0 Å². The molecule has 1 aromatic rings. The number of likely N-dealkylation sites (tertiary alicyclic amines) is 1. The molecule has 1 fully saturated rings. The Balaban J connectivity index is 1.75. The highest BCUT2D eigenvalue weighted by atomic mass is 16.6. The Labute approximate surface area is 138 Å². The van der Waals surface area contributed by atoms with Crippen LogP contribution in [0.4, 0.5) is 0 Å². The largest absolute Gasteiger partial charge is 0.486 e. The van der Waals surface area contributed by atoms with E-state index in [0.717, 1.165) is 36.4 Å². The highest BCUT2D eigenvalue weighted by molar-refractivity contribution is 5.79. The Hall–Kier alpha value is -1.75. The van der Waals surface area contributed by atoms with Crippen LogP contribution in [0.3, 0.4) is 0 Å². The molecule has 126 valence electrons. The fourth-order valence-electron chi connectivity index (χ4n) is 3.17. The van der Waals surface area contributed by atoms with E-state index in [4.69, 9.17) is 9.47 Å². The van der Waals surface area contributed by atoms with Crippen molar-refractivity contribution in [3.8, 4) is 11.5 Å². The summed E-state index contributed by atoms with van der Waals surface area (Å²) in [5, 5.41) is 0. The zero-order chi connectivity index (χ0) is 16.4. The lowest BCUT2D eigenvalue weighted by Crippen LogP contribution is -2.40. The molecule has 1 amide bonds. The predicted molar refractivity (Wildman–Crippen MR) is 88.9 cm³/mol.